The van der Waals surface area contributed by atoms with E-state index in [1.54, 1.807) is 0 Å². The van der Waals surface area contributed by atoms with Gasteiger partial charge in [0.05, 0.1) is 0 Å². The fourth-order valence-electron chi connectivity index (χ4n) is 4.69. The predicted molar refractivity (Wildman–Crippen MR) is 141 cm³/mol. The molecule has 0 amide bonds. The first-order chi connectivity index (χ1) is 15.7. The van der Waals surface area contributed by atoms with Gasteiger partial charge in [0.15, 0.2) is 0 Å². The highest BCUT2D eigenvalue weighted by molar-refractivity contribution is 7.45. The Balaban J connectivity index is 0.00000184. The lowest BCUT2D eigenvalue weighted by atomic mass is 10.0. The number of unbranched alkanes of at least 4 members (excludes halogenated alkanes) is 15. The van der Waals surface area contributed by atoms with Gasteiger partial charge in [-0.1, -0.05) is 117 Å². The summed E-state index contributed by atoms with van der Waals surface area (Å²) in [5.74, 6) is 0. The highest BCUT2D eigenvalue weighted by Crippen LogP contribution is 2.26. The van der Waals surface area contributed by atoms with Gasteiger partial charge in [-0.2, -0.15) is 0 Å². The van der Waals surface area contributed by atoms with Gasteiger partial charge in [-0.3, -0.25) is 0 Å². The number of nitrogens with zero attached hydrogens (tertiary/aromatic N) is 2. The highest BCUT2D eigenvalue weighted by Gasteiger charge is 2.26. The molecule has 0 spiro atoms. The van der Waals surface area contributed by atoms with E-state index in [1.807, 2.05) is 0 Å². The molecule has 0 saturated heterocycles. The van der Waals surface area contributed by atoms with Gasteiger partial charge in [0.2, 0.25) is 0 Å². The SMILES string of the molecule is CCCCCCCCCCCCCCCCCCN1C=C(CC)N(C)C1CC.O=P(O)(O)O. The molecule has 0 aromatic heterocycles. The molecule has 0 aromatic rings. The van der Waals surface area contributed by atoms with E-state index >= 15 is 0 Å². The quantitative estimate of drug-likeness (QED) is 0.128. The lowest BCUT2D eigenvalue weighted by Gasteiger charge is -2.30. The standard InChI is InChI=1S/C26H52N2.H3O4P/c1-5-8-9-10-11-12-13-14-15-16-17-18-19-20-21-22-23-28-24-25(6-2)27(4)26(28)7-3;1-5(2,3)4/h24,26H,5-23H2,1-4H3;(H3,1,2,3,4). The second kappa shape index (κ2) is 20.8. The van der Waals surface area contributed by atoms with Crippen molar-refractivity contribution in [1.29, 1.82) is 0 Å². The predicted octanol–water partition coefficient (Wildman–Crippen LogP) is 7.55. The number of hydrogen-bond donors (Lipinski definition) is 3. The summed E-state index contributed by atoms with van der Waals surface area (Å²) in [5.41, 5.74) is 1.50. The molecule has 1 aliphatic heterocycles. The maximum atomic E-state index is 8.88. The zero-order chi connectivity index (χ0) is 25.0. The van der Waals surface area contributed by atoms with Gasteiger partial charge in [0.1, 0.15) is 6.17 Å². The van der Waals surface area contributed by atoms with Crippen molar-refractivity contribution < 1.29 is 19.2 Å². The van der Waals surface area contributed by atoms with E-state index in [0.29, 0.717) is 6.17 Å². The molecule has 33 heavy (non-hydrogen) atoms. The first kappa shape index (κ1) is 32.5. The van der Waals surface area contributed by atoms with E-state index in [2.05, 4.69) is 43.8 Å². The Hall–Kier alpha value is -0.550. The fraction of sp³-hybridized carbons (Fsp3) is 0.923. The van der Waals surface area contributed by atoms with E-state index in [4.69, 9.17) is 19.2 Å². The Kier molecular flexibility index (Phi) is 20.4. The van der Waals surface area contributed by atoms with Gasteiger partial charge >= 0.3 is 7.82 Å². The molecule has 1 atom stereocenters. The van der Waals surface area contributed by atoms with E-state index in [9.17, 15) is 0 Å². The van der Waals surface area contributed by atoms with Crippen molar-refractivity contribution in [3.8, 4) is 0 Å². The van der Waals surface area contributed by atoms with Crippen LogP contribution in [-0.4, -0.2) is 44.2 Å². The Labute approximate surface area is 205 Å². The Morgan fingerprint density at radius 1 is 0.727 bits per heavy atom. The average molecular weight is 491 g/mol. The van der Waals surface area contributed by atoms with Crippen LogP contribution in [0.15, 0.2) is 11.9 Å². The minimum Gasteiger partial charge on any atom is -0.356 e. The van der Waals surface area contributed by atoms with Gasteiger partial charge in [-0.15, -0.1) is 0 Å². The second-order valence-electron chi connectivity index (χ2n) is 9.53. The smallest absolute Gasteiger partial charge is 0.356 e. The molecule has 198 valence electrons. The summed E-state index contributed by atoms with van der Waals surface area (Å²) in [5, 5.41) is 0. The van der Waals surface area contributed by atoms with E-state index in [-0.39, 0.29) is 0 Å². The van der Waals surface area contributed by atoms with Crippen LogP contribution in [-0.2, 0) is 4.57 Å². The van der Waals surface area contributed by atoms with Gasteiger partial charge in [0.25, 0.3) is 0 Å². The third kappa shape index (κ3) is 19.4. The van der Waals surface area contributed by atoms with Crippen LogP contribution in [0.2, 0.25) is 0 Å². The van der Waals surface area contributed by atoms with E-state index in [1.165, 1.54) is 121 Å². The van der Waals surface area contributed by atoms with Crippen molar-refractivity contribution in [2.45, 2.75) is 143 Å². The fourth-order valence-corrected chi connectivity index (χ4v) is 4.69. The highest BCUT2D eigenvalue weighted by atomic mass is 31.2. The van der Waals surface area contributed by atoms with Crippen molar-refractivity contribution in [1.82, 2.24) is 9.80 Å². The summed E-state index contributed by atoms with van der Waals surface area (Å²) in [6.07, 6.45) is 28.5. The maximum Gasteiger partial charge on any atom is 0.466 e. The molecular formula is C26H55N2O4P. The molecule has 0 saturated carbocycles. The summed E-state index contributed by atoms with van der Waals surface area (Å²) >= 11 is 0. The van der Waals surface area contributed by atoms with Crippen LogP contribution < -0.4 is 0 Å². The lowest BCUT2D eigenvalue weighted by Crippen LogP contribution is -2.37. The van der Waals surface area contributed by atoms with Crippen molar-refractivity contribution in [2.24, 2.45) is 0 Å². The van der Waals surface area contributed by atoms with Gasteiger partial charge in [-0.05, 0) is 19.3 Å². The summed E-state index contributed by atoms with van der Waals surface area (Å²) in [6, 6.07) is 0. The Morgan fingerprint density at radius 3 is 1.42 bits per heavy atom. The molecule has 0 bridgehead atoms. The first-order valence-corrected chi connectivity index (χ1v) is 15.3. The molecule has 1 heterocycles. The molecule has 7 heteroatoms. The molecule has 1 aliphatic rings. The normalized spacial score (nSPS) is 16.1. The lowest BCUT2D eigenvalue weighted by molar-refractivity contribution is 0.160. The number of allylic oxidation sites excluding steroid dienone is 1. The van der Waals surface area contributed by atoms with Crippen LogP contribution in [0.25, 0.3) is 0 Å². The molecule has 6 nitrogen and oxygen atoms in total. The van der Waals surface area contributed by atoms with Crippen LogP contribution >= 0.6 is 7.82 Å². The van der Waals surface area contributed by atoms with E-state index < -0.39 is 7.82 Å². The largest absolute Gasteiger partial charge is 0.466 e. The zero-order valence-electron chi connectivity index (χ0n) is 22.2. The monoisotopic (exact) mass is 490 g/mol. The van der Waals surface area contributed by atoms with Gasteiger partial charge in [0, 0.05) is 25.5 Å². The summed E-state index contributed by atoms with van der Waals surface area (Å²) in [4.78, 5) is 26.6. The molecule has 0 aromatic carbocycles. The molecule has 0 radical (unpaired) electrons. The number of hydrogen-bond acceptors (Lipinski definition) is 3. The van der Waals surface area contributed by atoms with Crippen LogP contribution in [0.5, 0.6) is 0 Å². The minimum absolute atomic E-state index is 0.603. The summed E-state index contributed by atoms with van der Waals surface area (Å²) in [6.45, 7) is 8.13. The molecular weight excluding hydrogens is 435 g/mol. The first-order valence-electron chi connectivity index (χ1n) is 13.7. The van der Waals surface area contributed by atoms with Crippen LogP contribution in [0.1, 0.15) is 136 Å². The van der Waals surface area contributed by atoms with Crippen LogP contribution in [0.3, 0.4) is 0 Å². The van der Waals surface area contributed by atoms with Crippen molar-refractivity contribution in [2.75, 3.05) is 13.6 Å². The van der Waals surface area contributed by atoms with Crippen molar-refractivity contribution in [3.63, 3.8) is 0 Å². The van der Waals surface area contributed by atoms with E-state index in [0.717, 1.165) is 6.42 Å². The minimum atomic E-state index is -4.64. The summed E-state index contributed by atoms with van der Waals surface area (Å²) < 4.78 is 8.88. The van der Waals surface area contributed by atoms with Crippen molar-refractivity contribution >= 4 is 7.82 Å². The van der Waals surface area contributed by atoms with Crippen LogP contribution in [0, 0.1) is 0 Å². The van der Waals surface area contributed by atoms with Crippen molar-refractivity contribution in [3.05, 3.63) is 11.9 Å². The van der Waals surface area contributed by atoms with Crippen LogP contribution in [0.4, 0.5) is 0 Å². The molecule has 1 unspecified atom stereocenters. The van der Waals surface area contributed by atoms with Gasteiger partial charge in [-0.25, -0.2) is 4.57 Å². The summed E-state index contributed by atoms with van der Waals surface area (Å²) in [7, 11) is -2.38. The molecule has 1 rings (SSSR count). The maximum absolute atomic E-state index is 8.88. The third-order valence-electron chi connectivity index (χ3n) is 6.60. The number of rotatable bonds is 19. The molecule has 0 aliphatic carbocycles. The number of phosphoric acid groups is 1. The molecule has 3 N–H and O–H groups in total. The topological polar surface area (TPSA) is 84.2 Å². The Morgan fingerprint density at radius 2 is 1.09 bits per heavy atom. The molecule has 0 fully saturated rings. The zero-order valence-corrected chi connectivity index (χ0v) is 23.1. The van der Waals surface area contributed by atoms with Gasteiger partial charge < -0.3 is 24.5 Å². The third-order valence-corrected chi connectivity index (χ3v) is 6.60. The second-order valence-corrected chi connectivity index (χ2v) is 10.6. The average Bonchev–Trinajstić information content (AvgIpc) is 3.06. The Bertz CT molecular complexity index is 516.